The number of aryl methyl sites for hydroxylation is 2. The topological polar surface area (TPSA) is 43.9 Å². The maximum absolute atomic E-state index is 5.74. The molecule has 0 aliphatic heterocycles. The van der Waals surface area contributed by atoms with E-state index in [0.717, 1.165) is 33.9 Å². The molecular weight excluding hydrogens is 318 g/mol. The zero-order valence-corrected chi connectivity index (χ0v) is 14.4. The predicted molar refractivity (Wildman–Crippen MR) is 96.6 cm³/mol. The average molecular weight is 335 g/mol. The number of nitrogens with zero attached hydrogens (tertiary/aromatic N) is 3. The average Bonchev–Trinajstić information content (AvgIpc) is 3.15. The second kappa shape index (κ2) is 6.17. The van der Waals surface area contributed by atoms with Gasteiger partial charge in [0.1, 0.15) is 5.52 Å². The third kappa shape index (κ3) is 2.95. The summed E-state index contributed by atoms with van der Waals surface area (Å²) in [5.74, 6) is 0.824. The lowest BCUT2D eigenvalue weighted by molar-refractivity contribution is 0.489. The summed E-state index contributed by atoms with van der Waals surface area (Å²) >= 11 is 1.61. The molecule has 0 aliphatic carbocycles. The van der Waals surface area contributed by atoms with Crippen molar-refractivity contribution >= 4 is 22.9 Å². The molecule has 0 unspecified atom stereocenters. The summed E-state index contributed by atoms with van der Waals surface area (Å²) < 4.78 is 7.70. The molecule has 0 saturated heterocycles. The van der Waals surface area contributed by atoms with Crippen LogP contribution in [0.3, 0.4) is 0 Å². The normalized spacial score (nSPS) is 11.2. The molecule has 0 saturated carbocycles. The summed E-state index contributed by atoms with van der Waals surface area (Å²) in [5.41, 5.74) is 6.22. The molecule has 0 N–H and O–H groups in total. The fraction of sp³-hybridized carbons (Fsp3) is 0.158. The highest BCUT2D eigenvalue weighted by Crippen LogP contribution is 2.26. The Balaban J connectivity index is 1.48. The van der Waals surface area contributed by atoms with E-state index in [2.05, 4.69) is 47.3 Å². The van der Waals surface area contributed by atoms with E-state index in [4.69, 9.17) is 4.42 Å². The van der Waals surface area contributed by atoms with E-state index >= 15 is 0 Å². The molecule has 0 radical (unpaired) electrons. The van der Waals surface area contributed by atoms with Gasteiger partial charge in [-0.05, 0) is 49.7 Å². The molecule has 2 aromatic carbocycles. The van der Waals surface area contributed by atoms with E-state index in [-0.39, 0.29) is 0 Å². The van der Waals surface area contributed by atoms with Crippen molar-refractivity contribution in [3.63, 3.8) is 0 Å². The Hall–Kier alpha value is -2.53. The zero-order valence-electron chi connectivity index (χ0n) is 13.6. The Labute approximate surface area is 144 Å². The van der Waals surface area contributed by atoms with E-state index in [1.807, 2.05) is 35.9 Å². The van der Waals surface area contributed by atoms with Crippen molar-refractivity contribution in [2.45, 2.75) is 24.8 Å². The Morgan fingerprint density at radius 1 is 1.04 bits per heavy atom. The zero-order chi connectivity index (χ0) is 16.5. The third-order valence-electron chi connectivity index (χ3n) is 3.83. The van der Waals surface area contributed by atoms with Gasteiger partial charge in [-0.25, -0.2) is 9.67 Å². The minimum Gasteiger partial charge on any atom is -0.431 e. The minimum absolute atomic E-state index is 0.707. The van der Waals surface area contributed by atoms with Crippen molar-refractivity contribution < 1.29 is 4.42 Å². The van der Waals surface area contributed by atoms with Crippen LogP contribution in [0.1, 0.15) is 17.0 Å². The third-order valence-corrected chi connectivity index (χ3v) is 4.73. The van der Waals surface area contributed by atoms with Gasteiger partial charge in [-0.3, -0.25) is 0 Å². The van der Waals surface area contributed by atoms with Crippen molar-refractivity contribution in [1.82, 2.24) is 14.8 Å². The van der Waals surface area contributed by atoms with Gasteiger partial charge in [-0.2, -0.15) is 5.10 Å². The van der Waals surface area contributed by atoms with Gasteiger partial charge in [-0.1, -0.05) is 36.0 Å². The smallest absolute Gasteiger partial charge is 0.257 e. The largest absolute Gasteiger partial charge is 0.431 e. The SMILES string of the molecule is Cc1cc(C)n(-c2ccc(CSc3nc4ccccc4o3)cc2)n1. The molecule has 0 aliphatic rings. The predicted octanol–water partition coefficient (Wildman–Crippen LogP) is 4.92. The minimum atomic E-state index is 0.707. The summed E-state index contributed by atoms with van der Waals surface area (Å²) in [5, 5.41) is 5.22. The van der Waals surface area contributed by atoms with Crippen LogP contribution >= 0.6 is 11.8 Å². The lowest BCUT2D eigenvalue weighted by Crippen LogP contribution is -1.98. The number of oxazole rings is 1. The van der Waals surface area contributed by atoms with Crippen LogP contribution in [-0.4, -0.2) is 14.8 Å². The quantitative estimate of drug-likeness (QED) is 0.496. The van der Waals surface area contributed by atoms with Gasteiger partial charge < -0.3 is 4.42 Å². The van der Waals surface area contributed by atoms with Gasteiger partial charge in [0, 0.05) is 11.4 Å². The second-order valence-corrected chi connectivity index (χ2v) is 6.67. The fourth-order valence-electron chi connectivity index (χ4n) is 2.68. The Morgan fingerprint density at radius 3 is 2.54 bits per heavy atom. The number of benzene rings is 2. The number of rotatable bonds is 4. The van der Waals surface area contributed by atoms with E-state index in [9.17, 15) is 0 Å². The molecule has 2 aromatic heterocycles. The van der Waals surface area contributed by atoms with Crippen LogP contribution in [0.15, 0.2) is 64.2 Å². The highest BCUT2D eigenvalue weighted by Gasteiger charge is 2.07. The molecule has 24 heavy (non-hydrogen) atoms. The molecule has 0 spiro atoms. The van der Waals surface area contributed by atoms with Crippen LogP contribution in [0.4, 0.5) is 0 Å². The summed E-state index contributed by atoms with van der Waals surface area (Å²) in [6.45, 7) is 4.08. The van der Waals surface area contributed by atoms with Crippen LogP contribution < -0.4 is 0 Å². The van der Waals surface area contributed by atoms with E-state index in [1.165, 1.54) is 5.56 Å². The number of hydrogen-bond acceptors (Lipinski definition) is 4. The van der Waals surface area contributed by atoms with Crippen molar-refractivity contribution in [1.29, 1.82) is 0 Å². The molecule has 0 atom stereocenters. The standard InChI is InChI=1S/C19H17N3OS/c1-13-11-14(2)22(21-13)16-9-7-15(8-10-16)12-24-19-20-17-5-3-4-6-18(17)23-19/h3-11H,12H2,1-2H3. The molecular formula is C19H17N3OS. The van der Waals surface area contributed by atoms with Gasteiger partial charge >= 0.3 is 0 Å². The summed E-state index contributed by atoms with van der Waals surface area (Å²) in [7, 11) is 0. The molecule has 4 aromatic rings. The monoisotopic (exact) mass is 335 g/mol. The van der Waals surface area contributed by atoms with Gasteiger partial charge in [0.05, 0.1) is 11.4 Å². The first-order valence-corrected chi connectivity index (χ1v) is 8.78. The maximum Gasteiger partial charge on any atom is 0.257 e. The van der Waals surface area contributed by atoms with Crippen molar-refractivity contribution in [2.75, 3.05) is 0 Å². The van der Waals surface area contributed by atoms with Gasteiger partial charge in [0.2, 0.25) is 0 Å². The number of aromatic nitrogens is 3. The van der Waals surface area contributed by atoms with Crippen molar-refractivity contribution in [2.24, 2.45) is 0 Å². The van der Waals surface area contributed by atoms with Crippen LogP contribution in [-0.2, 0) is 5.75 Å². The molecule has 120 valence electrons. The van der Waals surface area contributed by atoms with Gasteiger partial charge in [0.15, 0.2) is 5.58 Å². The highest BCUT2D eigenvalue weighted by molar-refractivity contribution is 7.98. The molecule has 0 amide bonds. The van der Waals surface area contributed by atoms with Crippen LogP contribution in [0, 0.1) is 13.8 Å². The van der Waals surface area contributed by atoms with Crippen LogP contribution in [0.25, 0.3) is 16.8 Å². The highest BCUT2D eigenvalue weighted by atomic mass is 32.2. The van der Waals surface area contributed by atoms with Crippen LogP contribution in [0.5, 0.6) is 0 Å². The van der Waals surface area contributed by atoms with Gasteiger partial charge in [-0.15, -0.1) is 0 Å². The Kier molecular flexibility index (Phi) is 3.86. The van der Waals surface area contributed by atoms with Crippen LogP contribution in [0.2, 0.25) is 0 Å². The van der Waals surface area contributed by atoms with Gasteiger partial charge in [0.25, 0.3) is 5.22 Å². The van der Waals surface area contributed by atoms with E-state index in [0.29, 0.717) is 5.22 Å². The fourth-order valence-corrected chi connectivity index (χ4v) is 3.48. The molecule has 5 heteroatoms. The van der Waals surface area contributed by atoms with Crippen molar-refractivity contribution in [3.05, 3.63) is 71.5 Å². The number of hydrogen-bond donors (Lipinski definition) is 0. The lowest BCUT2D eigenvalue weighted by atomic mass is 10.2. The Morgan fingerprint density at radius 2 is 1.83 bits per heavy atom. The molecule has 4 nitrogen and oxygen atoms in total. The molecule has 0 bridgehead atoms. The summed E-state index contributed by atoms with van der Waals surface area (Å²) in [6, 6.07) is 18.4. The first-order chi connectivity index (χ1) is 11.7. The first-order valence-electron chi connectivity index (χ1n) is 7.80. The summed E-state index contributed by atoms with van der Waals surface area (Å²) in [6.07, 6.45) is 0. The first kappa shape index (κ1) is 15.0. The number of para-hydroxylation sites is 2. The lowest BCUT2D eigenvalue weighted by Gasteiger charge is -2.05. The number of thioether (sulfide) groups is 1. The summed E-state index contributed by atoms with van der Waals surface area (Å²) in [4.78, 5) is 4.49. The maximum atomic E-state index is 5.74. The van der Waals surface area contributed by atoms with E-state index < -0.39 is 0 Å². The van der Waals surface area contributed by atoms with Crippen molar-refractivity contribution in [3.8, 4) is 5.69 Å². The number of fused-ring (bicyclic) bond motifs is 1. The second-order valence-electron chi connectivity index (χ2n) is 5.74. The Bertz CT molecular complexity index is 952. The molecule has 4 rings (SSSR count). The molecule has 0 fully saturated rings. The molecule has 2 heterocycles. The van der Waals surface area contributed by atoms with E-state index in [1.54, 1.807) is 11.8 Å².